The molecule has 0 unspecified atom stereocenters. The Kier molecular flexibility index (Phi) is 5.86. The van der Waals surface area contributed by atoms with Gasteiger partial charge in [-0.1, -0.05) is 25.1 Å². The Morgan fingerprint density at radius 2 is 1.70 bits per heavy atom. The molecule has 0 aromatic heterocycles. The molecule has 0 radical (unpaired) electrons. The summed E-state index contributed by atoms with van der Waals surface area (Å²) in [6.07, 6.45) is 0.915. The second kappa shape index (κ2) is 8.08. The van der Waals surface area contributed by atoms with Gasteiger partial charge in [0, 0.05) is 29.6 Å². The van der Waals surface area contributed by atoms with Crippen molar-refractivity contribution in [2.45, 2.75) is 13.3 Å². The fraction of sp³-hybridized carbons (Fsp3) is 0.278. The molecule has 0 bridgehead atoms. The number of carbonyl (C=O) groups excluding carboxylic acids is 1. The van der Waals surface area contributed by atoms with Crippen LogP contribution in [0.1, 0.15) is 12.5 Å². The van der Waals surface area contributed by atoms with E-state index < -0.39 is 0 Å². The van der Waals surface area contributed by atoms with Gasteiger partial charge in [-0.05, 0) is 18.1 Å². The van der Waals surface area contributed by atoms with E-state index in [9.17, 15) is 4.79 Å². The van der Waals surface area contributed by atoms with Crippen LogP contribution in [0, 0.1) is 0 Å². The molecule has 2 rings (SSSR count). The molecule has 0 saturated heterocycles. The van der Waals surface area contributed by atoms with Crippen molar-refractivity contribution < 1.29 is 14.3 Å². The average molecular weight is 314 g/mol. The van der Waals surface area contributed by atoms with Gasteiger partial charge < -0.3 is 20.1 Å². The maximum atomic E-state index is 12.1. The molecule has 1 amide bonds. The molecule has 2 N–H and O–H groups in total. The van der Waals surface area contributed by atoms with Crippen LogP contribution in [-0.2, 0) is 11.2 Å². The Morgan fingerprint density at radius 3 is 2.30 bits per heavy atom. The summed E-state index contributed by atoms with van der Waals surface area (Å²) in [6, 6.07) is 13.2. The van der Waals surface area contributed by atoms with Gasteiger partial charge in [-0.25, -0.2) is 0 Å². The van der Waals surface area contributed by atoms with E-state index in [4.69, 9.17) is 9.47 Å². The molecule has 5 heteroatoms. The number of amides is 1. The van der Waals surface area contributed by atoms with Gasteiger partial charge >= 0.3 is 0 Å². The Hall–Kier alpha value is -2.69. The molecule has 2 aromatic carbocycles. The fourth-order valence-corrected chi connectivity index (χ4v) is 2.26. The second-order valence-electron chi connectivity index (χ2n) is 5.01. The van der Waals surface area contributed by atoms with E-state index in [2.05, 4.69) is 17.6 Å². The fourth-order valence-electron chi connectivity index (χ4n) is 2.26. The molecule has 0 aliphatic carbocycles. The van der Waals surface area contributed by atoms with Gasteiger partial charge in [0.25, 0.3) is 0 Å². The summed E-state index contributed by atoms with van der Waals surface area (Å²) >= 11 is 0. The van der Waals surface area contributed by atoms with Crippen LogP contribution >= 0.6 is 0 Å². The quantitative estimate of drug-likeness (QED) is 0.823. The first kappa shape index (κ1) is 16.7. The van der Waals surface area contributed by atoms with Crippen LogP contribution in [0.25, 0.3) is 0 Å². The third kappa shape index (κ3) is 4.64. The SMILES string of the molecule is CCc1ccccc1NCC(=O)Nc1cc(OC)cc(OC)c1. The van der Waals surface area contributed by atoms with Gasteiger partial charge in [-0.15, -0.1) is 0 Å². The minimum atomic E-state index is -0.133. The highest BCUT2D eigenvalue weighted by Gasteiger charge is 2.07. The number of aryl methyl sites for hydroxylation is 1. The molecule has 0 spiro atoms. The molecular weight excluding hydrogens is 292 g/mol. The molecule has 5 nitrogen and oxygen atoms in total. The van der Waals surface area contributed by atoms with Crippen LogP contribution in [0.5, 0.6) is 11.5 Å². The summed E-state index contributed by atoms with van der Waals surface area (Å²) in [7, 11) is 3.15. The van der Waals surface area contributed by atoms with Crippen LogP contribution in [0.4, 0.5) is 11.4 Å². The van der Waals surface area contributed by atoms with Crippen molar-refractivity contribution >= 4 is 17.3 Å². The van der Waals surface area contributed by atoms with Gasteiger partial charge in [0.15, 0.2) is 0 Å². The maximum absolute atomic E-state index is 12.1. The van der Waals surface area contributed by atoms with Crippen LogP contribution in [0.2, 0.25) is 0 Å². The Bertz CT molecular complexity index is 649. The number of anilines is 2. The standard InChI is InChI=1S/C18H22N2O3/c1-4-13-7-5-6-8-17(13)19-12-18(21)20-14-9-15(22-2)11-16(10-14)23-3/h5-11,19H,4,12H2,1-3H3,(H,20,21). The lowest BCUT2D eigenvalue weighted by atomic mass is 10.1. The minimum Gasteiger partial charge on any atom is -0.497 e. The Labute approximate surface area is 136 Å². The van der Waals surface area contributed by atoms with Crippen molar-refractivity contribution in [1.82, 2.24) is 0 Å². The Morgan fingerprint density at radius 1 is 1.04 bits per heavy atom. The lowest BCUT2D eigenvalue weighted by Gasteiger charge is -2.12. The number of methoxy groups -OCH3 is 2. The molecule has 0 atom stereocenters. The van der Waals surface area contributed by atoms with Gasteiger partial charge in [0.05, 0.1) is 20.8 Å². The molecule has 0 heterocycles. The zero-order chi connectivity index (χ0) is 16.7. The summed E-state index contributed by atoms with van der Waals surface area (Å²) in [6.45, 7) is 2.28. The number of nitrogens with one attached hydrogen (secondary N) is 2. The number of rotatable bonds is 7. The second-order valence-corrected chi connectivity index (χ2v) is 5.01. The molecular formula is C18H22N2O3. The number of ether oxygens (including phenoxy) is 2. The predicted molar refractivity (Wildman–Crippen MR) is 92.5 cm³/mol. The van der Waals surface area contributed by atoms with Crippen molar-refractivity contribution in [3.8, 4) is 11.5 Å². The highest BCUT2D eigenvalue weighted by Crippen LogP contribution is 2.25. The number of benzene rings is 2. The minimum absolute atomic E-state index is 0.133. The molecule has 0 saturated carbocycles. The largest absolute Gasteiger partial charge is 0.497 e. The van der Waals surface area contributed by atoms with E-state index in [0.717, 1.165) is 12.1 Å². The normalized spacial score (nSPS) is 10.0. The summed E-state index contributed by atoms with van der Waals surface area (Å²) in [5, 5.41) is 6.00. The molecule has 0 aliphatic rings. The highest BCUT2D eigenvalue weighted by atomic mass is 16.5. The topological polar surface area (TPSA) is 59.6 Å². The number of carbonyl (C=O) groups is 1. The summed E-state index contributed by atoms with van der Waals surface area (Å²) in [5.41, 5.74) is 2.80. The third-order valence-electron chi connectivity index (χ3n) is 3.47. The van der Waals surface area contributed by atoms with Gasteiger partial charge in [-0.3, -0.25) is 4.79 Å². The first-order valence-electron chi connectivity index (χ1n) is 7.51. The van der Waals surface area contributed by atoms with Crippen molar-refractivity contribution in [2.75, 3.05) is 31.4 Å². The molecule has 2 aromatic rings. The number of hydrogen-bond acceptors (Lipinski definition) is 4. The summed E-state index contributed by atoms with van der Waals surface area (Å²) < 4.78 is 10.4. The van der Waals surface area contributed by atoms with Gasteiger partial charge in [0.1, 0.15) is 11.5 Å². The smallest absolute Gasteiger partial charge is 0.243 e. The summed E-state index contributed by atoms with van der Waals surface area (Å²) in [4.78, 5) is 12.1. The lowest BCUT2D eigenvalue weighted by molar-refractivity contribution is -0.114. The van der Waals surface area contributed by atoms with Crippen LogP contribution < -0.4 is 20.1 Å². The van der Waals surface area contributed by atoms with Gasteiger partial charge in [0.2, 0.25) is 5.91 Å². The number of para-hydroxylation sites is 1. The van der Waals surface area contributed by atoms with E-state index in [1.165, 1.54) is 5.56 Å². The van der Waals surface area contributed by atoms with Crippen molar-refractivity contribution in [3.63, 3.8) is 0 Å². The predicted octanol–water partition coefficient (Wildman–Crippen LogP) is 3.32. The first-order valence-corrected chi connectivity index (χ1v) is 7.51. The highest BCUT2D eigenvalue weighted by molar-refractivity contribution is 5.94. The van der Waals surface area contributed by atoms with Crippen molar-refractivity contribution in [2.24, 2.45) is 0 Å². The first-order chi connectivity index (χ1) is 11.2. The zero-order valence-electron chi connectivity index (χ0n) is 13.7. The Balaban J connectivity index is 1.99. The average Bonchev–Trinajstić information content (AvgIpc) is 2.59. The van der Waals surface area contributed by atoms with E-state index in [1.54, 1.807) is 32.4 Å². The van der Waals surface area contributed by atoms with Crippen molar-refractivity contribution in [3.05, 3.63) is 48.0 Å². The molecule has 122 valence electrons. The van der Waals surface area contributed by atoms with E-state index in [0.29, 0.717) is 17.2 Å². The van der Waals surface area contributed by atoms with Crippen LogP contribution in [0.15, 0.2) is 42.5 Å². The zero-order valence-corrected chi connectivity index (χ0v) is 13.7. The lowest BCUT2D eigenvalue weighted by Crippen LogP contribution is -2.22. The number of hydrogen-bond donors (Lipinski definition) is 2. The maximum Gasteiger partial charge on any atom is 0.243 e. The monoisotopic (exact) mass is 314 g/mol. The molecule has 0 aliphatic heterocycles. The molecule has 0 fully saturated rings. The molecule has 23 heavy (non-hydrogen) atoms. The van der Waals surface area contributed by atoms with Crippen LogP contribution in [0.3, 0.4) is 0 Å². The summed E-state index contributed by atoms with van der Waals surface area (Å²) in [5.74, 6) is 1.12. The van der Waals surface area contributed by atoms with E-state index >= 15 is 0 Å². The van der Waals surface area contributed by atoms with Crippen molar-refractivity contribution in [1.29, 1.82) is 0 Å². The van der Waals surface area contributed by atoms with E-state index in [1.807, 2.05) is 24.3 Å². The van der Waals surface area contributed by atoms with E-state index in [-0.39, 0.29) is 12.5 Å². The van der Waals surface area contributed by atoms with Crippen LogP contribution in [-0.4, -0.2) is 26.7 Å². The third-order valence-corrected chi connectivity index (χ3v) is 3.47. The van der Waals surface area contributed by atoms with Gasteiger partial charge in [-0.2, -0.15) is 0 Å².